The molecule has 0 amide bonds. The van der Waals surface area contributed by atoms with Crippen LogP contribution in [0, 0.1) is 0 Å². The van der Waals surface area contributed by atoms with Gasteiger partial charge in [0, 0.05) is 17.8 Å². The van der Waals surface area contributed by atoms with E-state index >= 15 is 0 Å². The number of nitrogens with one attached hydrogen (secondary N) is 1. The first-order chi connectivity index (χ1) is 8.77. The third-order valence-corrected chi connectivity index (χ3v) is 2.88. The number of hydrogen-bond donors (Lipinski definition) is 1. The summed E-state index contributed by atoms with van der Waals surface area (Å²) in [5.41, 5.74) is 2.97. The van der Waals surface area contributed by atoms with E-state index in [-0.39, 0.29) is 5.78 Å². The van der Waals surface area contributed by atoms with E-state index in [1.54, 1.807) is 6.92 Å². The lowest BCUT2D eigenvalue weighted by atomic mass is 10.1. The Labute approximate surface area is 108 Å². The molecule has 92 valence electrons. The zero-order valence-corrected chi connectivity index (χ0v) is 10.5. The van der Waals surface area contributed by atoms with Gasteiger partial charge in [-0.2, -0.15) is 0 Å². The summed E-state index contributed by atoms with van der Waals surface area (Å²) in [6.07, 6.45) is 0.951. The number of Topliss-reactive ketones (excluding diaryl/α,β-unsaturated/α-hetero) is 1. The van der Waals surface area contributed by atoms with E-state index in [1.807, 2.05) is 42.5 Å². The number of ketones is 1. The van der Waals surface area contributed by atoms with Gasteiger partial charge in [0.15, 0.2) is 5.78 Å². The molecule has 0 bridgehead atoms. The summed E-state index contributed by atoms with van der Waals surface area (Å²) < 4.78 is 0. The van der Waals surface area contributed by atoms with Crippen LogP contribution in [0.4, 0.5) is 5.69 Å². The summed E-state index contributed by atoms with van der Waals surface area (Å²) in [6.45, 7) is 2.42. The average molecular weight is 239 g/mol. The van der Waals surface area contributed by atoms with Crippen molar-refractivity contribution in [2.24, 2.45) is 0 Å². The number of carbonyl (C=O) groups excluding carboxylic acids is 1. The van der Waals surface area contributed by atoms with Crippen LogP contribution in [-0.2, 0) is 6.42 Å². The van der Waals surface area contributed by atoms with E-state index in [2.05, 4.69) is 17.4 Å². The number of rotatable bonds is 5. The highest BCUT2D eigenvalue weighted by Crippen LogP contribution is 2.15. The van der Waals surface area contributed by atoms with Crippen molar-refractivity contribution in [2.75, 3.05) is 11.9 Å². The van der Waals surface area contributed by atoms with Crippen molar-refractivity contribution in [1.29, 1.82) is 0 Å². The molecule has 2 nitrogen and oxygen atoms in total. The van der Waals surface area contributed by atoms with Gasteiger partial charge < -0.3 is 5.32 Å². The second-order valence-electron chi connectivity index (χ2n) is 4.26. The lowest BCUT2D eigenvalue weighted by molar-refractivity contribution is 0.101. The van der Waals surface area contributed by atoms with Gasteiger partial charge in [-0.15, -0.1) is 0 Å². The van der Waals surface area contributed by atoms with Crippen LogP contribution >= 0.6 is 0 Å². The molecule has 0 saturated heterocycles. The van der Waals surface area contributed by atoms with E-state index < -0.39 is 0 Å². The minimum absolute atomic E-state index is 0.0952. The number of carbonyl (C=O) groups is 1. The second kappa shape index (κ2) is 6.01. The molecule has 2 aromatic rings. The van der Waals surface area contributed by atoms with Crippen LogP contribution in [0.3, 0.4) is 0 Å². The summed E-state index contributed by atoms with van der Waals surface area (Å²) in [5.74, 6) is 0.0952. The molecule has 18 heavy (non-hydrogen) atoms. The van der Waals surface area contributed by atoms with Crippen LogP contribution in [-0.4, -0.2) is 12.3 Å². The third kappa shape index (κ3) is 3.20. The summed E-state index contributed by atoms with van der Waals surface area (Å²) in [4.78, 5) is 11.5. The lowest BCUT2D eigenvalue weighted by Gasteiger charge is -2.09. The van der Waals surface area contributed by atoms with E-state index in [0.29, 0.717) is 0 Å². The first-order valence-corrected chi connectivity index (χ1v) is 6.15. The van der Waals surface area contributed by atoms with Crippen LogP contribution in [0.25, 0.3) is 0 Å². The van der Waals surface area contributed by atoms with Crippen molar-refractivity contribution in [2.45, 2.75) is 13.3 Å². The Bertz CT molecular complexity index is 520. The van der Waals surface area contributed by atoms with Gasteiger partial charge in [-0.25, -0.2) is 0 Å². The predicted octanol–water partition coefficient (Wildman–Crippen LogP) is 3.54. The topological polar surface area (TPSA) is 29.1 Å². The molecule has 1 N–H and O–H groups in total. The molecule has 0 saturated carbocycles. The molecule has 0 spiro atoms. The minimum Gasteiger partial charge on any atom is -0.384 e. The molecule has 0 aliphatic carbocycles. The van der Waals surface area contributed by atoms with E-state index in [0.717, 1.165) is 24.2 Å². The quantitative estimate of drug-likeness (QED) is 0.808. The summed E-state index contributed by atoms with van der Waals surface area (Å²) in [7, 11) is 0. The standard InChI is InChI=1S/C16H17NO/c1-13(18)15-9-5-6-10-16(15)17-12-11-14-7-3-2-4-8-14/h2-10,17H,11-12H2,1H3. The summed E-state index contributed by atoms with van der Waals surface area (Å²) in [6, 6.07) is 17.9. The SMILES string of the molecule is CC(=O)c1ccccc1NCCc1ccccc1. The maximum Gasteiger partial charge on any atom is 0.161 e. The van der Waals surface area contributed by atoms with Crippen molar-refractivity contribution in [3.63, 3.8) is 0 Å². The Morgan fingerprint density at radius 1 is 1.00 bits per heavy atom. The molecule has 0 aliphatic heterocycles. The molecule has 0 unspecified atom stereocenters. The molecular weight excluding hydrogens is 222 g/mol. The highest BCUT2D eigenvalue weighted by atomic mass is 16.1. The Hall–Kier alpha value is -2.09. The smallest absolute Gasteiger partial charge is 0.161 e. The molecule has 0 aromatic heterocycles. The van der Waals surface area contributed by atoms with Crippen LogP contribution < -0.4 is 5.32 Å². The summed E-state index contributed by atoms with van der Waals surface area (Å²) in [5, 5.41) is 3.32. The normalized spacial score (nSPS) is 10.1. The van der Waals surface area contributed by atoms with Gasteiger partial charge in [0.2, 0.25) is 0 Å². The monoisotopic (exact) mass is 239 g/mol. The molecule has 2 aromatic carbocycles. The Balaban J connectivity index is 1.97. The Morgan fingerprint density at radius 2 is 1.67 bits per heavy atom. The Morgan fingerprint density at radius 3 is 2.39 bits per heavy atom. The maximum absolute atomic E-state index is 11.5. The van der Waals surface area contributed by atoms with E-state index in [1.165, 1.54) is 5.56 Å². The van der Waals surface area contributed by atoms with Gasteiger partial charge in [0.25, 0.3) is 0 Å². The highest BCUT2D eigenvalue weighted by Gasteiger charge is 2.04. The van der Waals surface area contributed by atoms with Gasteiger partial charge in [-0.1, -0.05) is 42.5 Å². The van der Waals surface area contributed by atoms with E-state index in [9.17, 15) is 4.79 Å². The second-order valence-corrected chi connectivity index (χ2v) is 4.26. The fourth-order valence-corrected chi connectivity index (χ4v) is 1.93. The van der Waals surface area contributed by atoms with Crippen molar-refractivity contribution in [1.82, 2.24) is 0 Å². The average Bonchev–Trinajstić information content (AvgIpc) is 2.40. The van der Waals surface area contributed by atoms with Crippen LogP contribution in [0.15, 0.2) is 54.6 Å². The van der Waals surface area contributed by atoms with Crippen molar-refractivity contribution >= 4 is 11.5 Å². The first-order valence-electron chi connectivity index (χ1n) is 6.15. The molecular formula is C16H17NO. The number of benzene rings is 2. The third-order valence-electron chi connectivity index (χ3n) is 2.88. The van der Waals surface area contributed by atoms with Crippen molar-refractivity contribution in [3.05, 3.63) is 65.7 Å². The molecule has 0 atom stereocenters. The predicted molar refractivity (Wildman–Crippen MR) is 75.1 cm³/mol. The first kappa shape index (κ1) is 12.4. The number of anilines is 1. The summed E-state index contributed by atoms with van der Waals surface area (Å²) >= 11 is 0. The van der Waals surface area contributed by atoms with Gasteiger partial charge >= 0.3 is 0 Å². The fourth-order valence-electron chi connectivity index (χ4n) is 1.93. The zero-order valence-electron chi connectivity index (χ0n) is 10.5. The van der Waals surface area contributed by atoms with E-state index in [4.69, 9.17) is 0 Å². The molecule has 0 radical (unpaired) electrons. The van der Waals surface area contributed by atoms with Crippen molar-refractivity contribution < 1.29 is 4.79 Å². The number of hydrogen-bond acceptors (Lipinski definition) is 2. The lowest BCUT2D eigenvalue weighted by Crippen LogP contribution is -2.08. The van der Waals surface area contributed by atoms with Crippen molar-refractivity contribution in [3.8, 4) is 0 Å². The zero-order chi connectivity index (χ0) is 12.8. The molecule has 0 heterocycles. The number of para-hydroxylation sites is 1. The van der Waals surface area contributed by atoms with Gasteiger partial charge in [-0.05, 0) is 31.0 Å². The fraction of sp³-hybridized carbons (Fsp3) is 0.188. The van der Waals surface area contributed by atoms with Gasteiger partial charge in [-0.3, -0.25) is 4.79 Å². The van der Waals surface area contributed by atoms with Gasteiger partial charge in [0.05, 0.1) is 0 Å². The Kier molecular flexibility index (Phi) is 4.13. The molecule has 2 rings (SSSR count). The molecule has 0 fully saturated rings. The van der Waals surface area contributed by atoms with Crippen LogP contribution in [0.5, 0.6) is 0 Å². The van der Waals surface area contributed by atoms with Gasteiger partial charge in [0.1, 0.15) is 0 Å². The minimum atomic E-state index is 0.0952. The van der Waals surface area contributed by atoms with Crippen LogP contribution in [0.1, 0.15) is 22.8 Å². The molecule has 2 heteroatoms. The highest BCUT2D eigenvalue weighted by molar-refractivity contribution is 5.99. The molecule has 0 aliphatic rings. The van der Waals surface area contributed by atoms with Crippen LogP contribution in [0.2, 0.25) is 0 Å². The maximum atomic E-state index is 11.5. The largest absolute Gasteiger partial charge is 0.384 e.